The second-order valence-corrected chi connectivity index (χ2v) is 6.11. The molecular weight excluding hydrogens is 312 g/mol. The van der Waals surface area contributed by atoms with Crippen molar-refractivity contribution in [2.45, 2.75) is 6.92 Å². The lowest BCUT2D eigenvalue weighted by atomic mass is 9.89. The lowest BCUT2D eigenvalue weighted by molar-refractivity contribution is 0.0987. The molecule has 0 atom stereocenters. The summed E-state index contributed by atoms with van der Waals surface area (Å²) in [5.41, 5.74) is 4.78. The highest BCUT2D eigenvalue weighted by Crippen LogP contribution is 2.35. The summed E-state index contributed by atoms with van der Waals surface area (Å²) in [6, 6.07) is 14.8. The summed E-state index contributed by atoms with van der Waals surface area (Å²) in [5, 5.41) is 0. The van der Waals surface area contributed by atoms with Gasteiger partial charge in [0.15, 0.2) is 11.6 Å². The Hall–Kier alpha value is -3.27. The predicted molar refractivity (Wildman–Crippen MR) is 98.9 cm³/mol. The minimum atomic E-state index is -0.143. The number of anilines is 1. The third kappa shape index (κ3) is 2.43. The Bertz CT molecular complexity index is 1010. The zero-order valence-electron chi connectivity index (χ0n) is 14.0. The van der Waals surface area contributed by atoms with Gasteiger partial charge in [0.05, 0.1) is 22.8 Å². The zero-order valence-corrected chi connectivity index (χ0v) is 14.0. The van der Waals surface area contributed by atoms with Crippen molar-refractivity contribution in [3.05, 3.63) is 83.1 Å². The average molecular weight is 328 g/mol. The van der Waals surface area contributed by atoms with Crippen molar-refractivity contribution in [3.8, 4) is 0 Å². The normalized spacial score (nSPS) is 17.8. The van der Waals surface area contributed by atoms with E-state index >= 15 is 0 Å². The van der Waals surface area contributed by atoms with Gasteiger partial charge in [-0.15, -0.1) is 0 Å². The van der Waals surface area contributed by atoms with Crippen molar-refractivity contribution in [3.63, 3.8) is 0 Å². The Balaban J connectivity index is 1.80. The van der Waals surface area contributed by atoms with Crippen LogP contribution in [0.1, 0.15) is 27.6 Å². The fourth-order valence-corrected chi connectivity index (χ4v) is 3.24. The Morgan fingerprint density at radius 2 is 1.64 bits per heavy atom. The number of rotatable bonds is 1. The second kappa shape index (κ2) is 5.67. The summed E-state index contributed by atoms with van der Waals surface area (Å²) in [5.74, 6) is -0.279. The third-order valence-corrected chi connectivity index (χ3v) is 4.54. The van der Waals surface area contributed by atoms with E-state index in [0.717, 1.165) is 22.8 Å². The molecule has 0 saturated carbocycles. The van der Waals surface area contributed by atoms with Crippen molar-refractivity contribution >= 4 is 28.7 Å². The van der Waals surface area contributed by atoms with E-state index in [4.69, 9.17) is 0 Å². The molecular formula is C21H16N2O2. The van der Waals surface area contributed by atoms with Gasteiger partial charge in [0.1, 0.15) is 0 Å². The molecule has 4 nitrogen and oxygen atoms in total. The van der Waals surface area contributed by atoms with E-state index in [2.05, 4.69) is 4.99 Å². The van der Waals surface area contributed by atoms with Crippen LogP contribution < -0.4 is 4.90 Å². The topological polar surface area (TPSA) is 49.7 Å². The molecule has 1 heterocycles. The minimum Gasteiger partial charge on any atom is -0.341 e. The molecule has 4 rings (SSSR count). The maximum Gasteiger partial charge on any atom is 0.193 e. The number of fused-ring (bicyclic) bond motifs is 2. The van der Waals surface area contributed by atoms with Crippen LogP contribution >= 0.6 is 0 Å². The number of hydrogen-bond acceptors (Lipinski definition) is 4. The van der Waals surface area contributed by atoms with Gasteiger partial charge in [-0.05, 0) is 31.2 Å². The Kier molecular flexibility index (Phi) is 3.46. The van der Waals surface area contributed by atoms with Gasteiger partial charge in [-0.25, -0.2) is 4.99 Å². The van der Waals surface area contributed by atoms with E-state index in [1.165, 1.54) is 6.08 Å². The molecule has 0 bridgehead atoms. The van der Waals surface area contributed by atoms with E-state index in [-0.39, 0.29) is 11.6 Å². The van der Waals surface area contributed by atoms with Crippen LogP contribution in [0.15, 0.2) is 76.9 Å². The molecule has 0 saturated heterocycles. The second-order valence-electron chi connectivity index (χ2n) is 6.11. The summed E-state index contributed by atoms with van der Waals surface area (Å²) in [7, 11) is 1.94. The van der Waals surface area contributed by atoms with E-state index in [1.807, 2.05) is 43.1 Å². The van der Waals surface area contributed by atoms with Crippen LogP contribution in [-0.2, 0) is 0 Å². The fraction of sp³-hybridized carbons (Fsp3) is 0.0952. The van der Waals surface area contributed by atoms with Crippen LogP contribution in [0.3, 0.4) is 0 Å². The molecule has 2 aromatic rings. The van der Waals surface area contributed by atoms with E-state index in [1.54, 1.807) is 30.3 Å². The molecule has 2 aliphatic rings. The molecule has 0 aromatic heterocycles. The van der Waals surface area contributed by atoms with Crippen LogP contribution in [0.25, 0.3) is 0 Å². The molecule has 0 fully saturated rings. The summed E-state index contributed by atoms with van der Waals surface area (Å²) in [6.45, 7) is 1.90. The third-order valence-electron chi connectivity index (χ3n) is 4.54. The quantitative estimate of drug-likeness (QED) is 0.791. The lowest BCUT2D eigenvalue weighted by Gasteiger charge is -2.28. The molecule has 122 valence electrons. The van der Waals surface area contributed by atoms with Gasteiger partial charge in [0, 0.05) is 23.7 Å². The van der Waals surface area contributed by atoms with Gasteiger partial charge in [-0.3, -0.25) is 9.59 Å². The standard InChI is InChI=1S/C21H16N2O2/c1-13-19(23(2)18-10-6-5-9-17(18)22-13)11-14-12-20(24)15-7-3-4-8-16(15)21(14)25/h3-12H,1-2H3. The number of hydrogen-bond donors (Lipinski definition) is 0. The first-order chi connectivity index (χ1) is 12.1. The smallest absolute Gasteiger partial charge is 0.193 e. The van der Waals surface area contributed by atoms with Crippen molar-refractivity contribution in [1.29, 1.82) is 0 Å². The molecule has 1 aliphatic carbocycles. The van der Waals surface area contributed by atoms with Crippen molar-refractivity contribution in [2.24, 2.45) is 4.99 Å². The van der Waals surface area contributed by atoms with Crippen LogP contribution in [0.2, 0.25) is 0 Å². The van der Waals surface area contributed by atoms with Crippen LogP contribution in [0.4, 0.5) is 11.4 Å². The van der Waals surface area contributed by atoms with Gasteiger partial charge in [-0.2, -0.15) is 0 Å². The van der Waals surface area contributed by atoms with Gasteiger partial charge in [0.2, 0.25) is 0 Å². The highest BCUT2D eigenvalue weighted by atomic mass is 16.1. The highest BCUT2D eigenvalue weighted by Gasteiger charge is 2.26. The number of carbonyl (C=O) groups is 2. The number of carbonyl (C=O) groups excluding carboxylic acids is 2. The number of allylic oxidation sites excluding steroid dienone is 4. The van der Waals surface area contributed by atoms with E-state index in [0.29, 0.717) is 16.7 Å². The first kappa shape index (κ1) is 15.3. The Morgan fingerprint density at radius 1 is 0.960 bits per heavy atom. The van der Waals surface area contributed by atoms with Crippen molar-refractivity contribution in [2.75, 3.05) is 11.9 Å². The molecule has 0 amide bonds. The fourth-order valence-electron chi connectivity index (χ4n) is 3.24. The molecule has 1 aliphatic heterocycles. The van der Waals surface area contributed by atoms with Gasteiger partial charge in [-0.1, -0.05) is 36.4 Å². The zero-order chi connectivity index (χ0) is 17.6. The molecule has 2 aromatic carbocycles. The predicted octanol–water partition coefficient (Wildman–Crippen LogP) is 4.12. The molecule has 0 radical (unpaired) electrons. The number of Topliss-reactive ketones (excluding diaryl/α,β-unsaturated/α-hetero) is 1. The number of para-hydroxylation sites is 2. The molecule has 0 spiro atoms. The first-order valence-corrected chi connectivity index (χ1v) is 8.06. The average Bonchev–Trinajstić information content (AvgIpc) is 2.62. The van der Waals surface area contributed by atoms with Crippen molar-refractivity contribution in [1.82, 2.24) is 0 Å². The van der Waals surface area contributed by atoms with Gasteiger partial charge in [0.25, 0.3) is 0 Å². The van der Waals surface area contributed by atoms with E-state index < -0.39 is 0 Å². The Morgan fingerprint density at radius 3 is 2.44 bits per heavy atom. The highest BCUT2D eigenvalue weighted by molar-refractivity contribution is 6.26. The van der Waals surface area contributed by atoms with Crippen molar-refractivity contribution < 1.29 is 9.59 Å². The monoisotopic (exact) mass is 328 g/mol. The molecule has 4 heteroatoms. The number of nitrogens with zero attached hydrogens (tertiary/aromatic N) is 2. The van der Waals surface area contributed by atoms with Gasteiger partial charge >= 0.3 is 0 Å². The van der Waals surface area contributed by atoms with Crippen LogP contribution in [-0.4, -0.2) is 24.3 Å². The summed E-state index contributed by atoms with van der Waals surface area (Å²) in [4.78, 5) is 31.7. The number of aliphatic imine (C=N–C) groups is 1. The molecule has 0 N–H and O–H groups in total. The van der Waals surface area contributed by atoms with Gasteiger partial charge < -0.3 is 4.90 Å². The summed E-state index contributed by atoms with van der Waals surface area (Å²) < 4.78 is 0. The SMILES string of the molecule is CC1=Nc2ccccc2N(C)C1=CC1=CC(=O)c2ccccc2C1=O. The largest absolute Gasteiger partial charge is 0.341 e. The van der Waals surface area contributed by atoms with Crippen LogP contribution in [0.5, 0.6) is 0 Å². The summed E-state index contributed by atoms with van der Waals surface area (Å²) >= 11 is 0. The maximum atomic E-state index is 12.8. The molecule has 25 heavy (non-hydrogen) atoms. The molecule has 0 unspecified atom stereocenters. The Labute approximate surface area is 145 Å². The maximum absolute atomic E-state index is 12.8. The minimum absolute atomic E-state index is 0.136. The lowest BCUT2D eigenvalue weighted by Crippen LogP contribution is -2.26. The number of ketones is 2. The number of benzene rings is 2. The van der Waals surface area contributed by atoms with Crippen LogP contribution in [0, 0.1) is 0 Å². The van der Waals surface area contributed by atoms with E-state index in [9.17, 15) is 9.59 Å². The summed E-state index contributed by atoms with van der Waals surface area (Å²) in [6.07, 6.45) is 3.17. The first-order valence-electron chi connectivity index (χ1n) is 8.06.